The van der Waals surface area contributed by atoms with Crippen molar-refractivity contribution in [1.82, 2.24) is 14.6 Å². The molecule has 8 nitrogen and oxygen atoms in total. The molecule has 0 atom stereocenters. The molecule has 23 heavy (non-hydrogen) atoms. The number of non-ortho nitro benzene ring substituents is 1. The predicted octanol–water partition coefficient (Wildman–Crippen LogP) is 2.60. The lowest BCUT2D eigenvalue weighted by Crippen LogP contribution is -2.14. The Morgan fingerprint density at radius 2 is 2.22 bits per heavy atom. The second-order valence-electron chi connectivity index (χ2n) is 4.59. The van der Waals surface area contributed by atoms with Crippen LogP contribution in [0.1, 0.15) is 10.7 Å². The Bertz CT molecular complexity index is 968. The molecule has 0 N–H and O–H groups in total. The molecule has 1 aromatic carbocycles. The molecular weight excluding hydrogens is 344 g/mol. The standard InChI is InChI=1S/C13H9ClN4O4S/c1-7-4-12(19)17-13(15-7)23-11(16-17)6-22-10-3-2-8(18(20)21)5-9(10)14/h2-5H,6H2,1H3. The van der Waals surface area contributed by atoms with Crippen molar-refractivity contribution in [2.75, 3.05) is 0 Å². The Morgan fingerprint density at radius 3 is 2.91 bits per heavy atom. The van der Waals surface area contributed by atoms with Gasteiger partial charge in [-0.1, -0.05) is 22.9 Å². The molecule has 2 aromatic heterocycles. The van der Waals surface area contributed by atoms with E-state index in [-0.39, 0.29) is 22.9 Å². The fraction of sp³-hybridized carbons (Fsp3) is 0.154. The van der Waals surface area contributed by atoms with E-state index in [1.54, 1.807) is 6.92 Å². The van der Waals surface area contributed by atoms with Gasteiger partial charge in [-0.2, -0.15) is 9.61 Å². The maximum atomic E-state index is 11.8. The van der Waals surface area contributed by atoms with Crippen LogP contribution in [0.25, 0.3) is 4.96 Å². The fourth-order valence-electron chi connectivity index (χ4n) is 1.88. The second kappa shape index (κ2) is 5.94. The zero-order valence-corrected chi connectivity index (χ0v) is 13.3. The van der Waals surface area contributed by atoms with Gasteiger partial charge in [-0.25, -0.2) is 4.98 Å². The molecule has 0 unspecified atom stereocenters. The Labute approximate surface area is 138 Å². The summed E-state index contributed by atoms with van der Waals surface area (Å²) in [5, 5.41) is 15.5. The first-order chi connectivity index (χ1) is 10.9. The number of hydrogen-bond donors (Lipinski definition) is 0. The summed E-state index contributed by atoms with van der Waals surface area (Å²) in [4.78, 5) is 26.6. The summed E-state index contributed by atoms with van der Waals surface area (Å²) in [7, 11) is 0. The third-order valence-corrected chi connectivity index (χ3v) is 4.07. The normalized spacial score (nSPS) is 10.9. The quantitative estimate of drug-likeness (QED) is 0.528. The number of ether oxygens (including phenoxy) is 1. The summed E-state index contributed by atoms with van der Waals surface area (Å²) in [6.45, 7) is 1.80. The molecule has 2 heterocycles. The maximum absolute atomic E-state index is 11.8. The molecule has 0 bridgehead atoms. The lowest BCUT2D eigenvalue weighted by Gasteiger charge is -2.05. The van der Waals surface area contributed by atoms with Crippen molar-refractivity contribution >= 4 is 33.6 Å². The third kappa shape index (κ3) is 3.15. The zero-order valence-electron chi connectivity index (χ0n) is 11.7. The zero-order chi connectivity index (χ0) is 16.6. The number of benzene rings is 1. The molecule has 0 amide bonds. The molecule has 0 radical (unpaired) electrons. The van der Waals surface area contributed by atoms with Crippen LogP contribution in [0.5, 0.6) is 5.75 Å². The molecule has 3 rings (SSSR count). The van der Waals surface area contributed by atoms with E-state index in [9.17, 15) is 14.9 Å². The number of aromatic nitrogens is 3. The van der Waals surface area contributed by atoms with E-state index in [4.69, 9.17) is 16.3 Å². The molecule has 0 aliphatic heterocycles. The van der Waals surface area contributed by atoms with E-state index in [0.29, 0.717) is 21.4 Å². The van der Waals surface area contributed by atoms with Crippen molar-refractivity contribution < 1.29 is 9.66 Å². The monoisotopic (exact) mass is 352 g/mol. The molecular formula is C13H9ClN4O4S. The number of nitro groups is 1. The van der Waals surface area contributed by atoms with Crippen LogP contribution in [0.3, 0.4) is 0 Å². The van der Waals surface area contributed by atoms with Gasteiger partial charge >= 0.3 is 0 Å². The molecule has 0 aliphatic rings. The molecule has 0 aliphatic carbocycles. The highest BCUT2D eigenvalue weighted by molar-refractivity contribution is 7.16. The van der Waals surface area contributed by atoms with Gasteiger partial charge in [0, 0.05) is 23.9 Å². The van der Waals surface area contributed by atoms with E-state index in [2.05, 4.69) is 10.1 Å². The highest BCUT2D eigenvalue weighted by atomic mass is 35.5. The lowest BCUT2D eigenvalue weighted by molar-refractivity contribution is -0.384. The maximum Gasteiger partial charge on any atom is 0.275 e. The summed E-state index contributed by atoms with van der Waals surface area (Å²) in [5.74, 6) is 0.299. The van der Waals surface area contributed by atoms with Gasteiger partial charge in [0.1, 0.15) is 12.4 Å². The van der Waals surface area contributed by atoms with Crippen LogP contribution in [-0.2, 0) is 6.61 Å². The topological polar surface area (TPSA) is 99.6 Å². The van der Waals surface area contributed by atoms with Crippen molar-refractivity contribution in [2.24, 2.45) is 0 Å². The Kier molecular flexibility index (Phi) is 3.97. The van der Waals surface area contributed by atoms with E-state index >= 15 is 0 Å². The fourth-order valence-corrected chi connectivity index (χ4v) is 2.97. The van der Waals surface area contributed by atoms with Crippen molar-refractivity contribution in [1.29, 1.82) is 0 Å². The van der Waals surface area contributed by atoms with Crippen LogP contribution >= 0.6 is 22.9 Å². The van der Waals surface area contributed by atoms with Crippen molar-refractivity contribution in [2.45, 2.75) is 13.5 Å². The Hall–Kier alpha value is -2.52. The molecule has 0 saturated heterocycles. The number of fused-ring (bicyclic) bond motifs is 1. The number of halogens is 1. The average Bonchev–Trinajstić information content (AvgIpc) is 2.89. The van der Waals surface area contributed by atoms with Crippen LogP contribution in [0.2, 0.25) is 5.02 Å². The highest BCUT2D eigenvalue weighted by Crippen LogP contribution is 2.29. The molecule has 3 aromatic rings. The van der Waals surface area contributed by atoms with E-state index < -0.39 is 4.92 Å². The van der Waals surface area contributed by atoms with Gasteiger partial charge in [0.25, 0.3) is 11.2 Å². The third-order valence-electron chi connectivity index (χ3n) is 2.89. The largest absolute Gasteiger partial charge is 0.485 e. The van der Waals surface area contributed by atoms with E-state index in [1.807, 2.05) is 0 Å². The highest BCUT2D eigenvalue weighted by Gasteiger charge is 2.12. The Balaban J connectivity index is 1.82. The van der Waals surface area contributed by atoms with Crippen molar-refractivity contribution in [3.05, 3.63) is 60.5 Å². The minimum absolute atomic E-state index is 0.0735. The molecule has 0 fully saturated rings. The van der Waals surface area contributed by atoms with Crippen LogP contribution in [0, 0.1) is 17.0 Å². The van der Waals surface area contributed by atoms with Gasteiger partial charge in [0.2, 0.25) is 4.96 Å². The molecule has 0 saturated carbocycles. The van der Waals surface area contributed by atoms with Crippen LogP contribution in [-0.4, -0.2) is 19.5 Å². The van der Waals surface area contributed by atoms with Gasteiger partial charge < -0.3 is 4.74 Å². The van der Waals surface area contributed by atoms with Gasteiger partial charge in [-0.3, -0.25) is 14.9 Å². The van der Waals surface area contributed by atoms with Crippen LogP contribution in [0.4, 0.5) is 5.69 Å². The number of hydrogen-bond acceptors (Lipinski definition) is 7. The van der Waals surface area contributed by atoms with Gasteiger partial charge in [-0.05, 0) is 13.0 Å². The summed E-state index contributed by atoms with van der Waals surface area (Å²) < 4.78 is 6.71. The minimum Gasteiger partial charge on any atom is -0.485 e. The number of rotatable bonds is 4. The predicted molar refractivity (Wildman–Crippen MR) is 84.3 cm³/mol. The van der Waals surface area contributed by atoms with E-state index in [1.165, 1.54) is 40.1 Å². The first-order valence-corrected chi connectivity index (χ1v) is 7.56. The molecule has 10 heteroatoms. The Morgan fingerprint density at radius 1 is 1.43 bits per heavy atom. The number of aryl methyl sites for hydroxylation is 1. The van der Waals surface area contributed by atoms with Gasteiger partial charge in [-0.15, -0.1) is 0 Å². The smallest absolute Gasteiger partial charge is 0.275 e. The van der Waals surface area contributed by atoms with Crippen molar-refractivity contribution in [3.63, 3.8) is 0 Å². The minimum atomic E-state index is -0.538. The summed E-state index contributed by atoms with van der Waals surface area (Å²) >= 11 is 7.17. The molecule has 0 spiro atoms. The van der Waals surface area contributed by atoms with Crippen LogP contribution < -0.4 is 10.3 Å². The van der Waals surface area contributed by atoms with Crippen molar-refractivity contribution in [3.8, 4) is 5.75 Å². The summed E-state index contributed by atoms with van der Waals surface area (Å²) in [6.07, 6.45) is 0. The van der Waals surface area contributed by atoms with Gasteiger partial charge in [0.15, 0.2) is 5.01 Å². The first kappa shape index (κ1) is 15.4. The van der Waals surface area contributed by atoms with Crippen LogP contribution in [0.15, 0.2) is 29.1 Å². The number of nitro benzene ring substituents is 1. The second-order valence-corrected chi connectivity index (χ2v) is 6.03. The SMILES string of the molecule is Cc1cc(=O)n2nc(COc3ccc([N+](=O)[O-])cc3Cl)sc2n1. The van der Waals surface area contributed by atoms with E-state index in [0.717, 1.165) is 0 Å². The van der Waals surface area contributed by atoms with Gasteiger partial charge in [0.05, 0.1) is 9.95 Å². The summed E-state index contributed by atoms with van der Waals surface area (Å²) in [6, 6.07) is 5.33. The lowest BCUT2D eigenvalue weighted by atomic mass is 10.3. The molecule has 118 valence electrons. The average molecular weight is 353 g/mol. The number of nitrogens with zero attached hydrogens (tertiary/aromatic N) is 4. The first-order valence-electron chi connectivity index (χ1n) is 6.37. The summed E-state index contributed by atoms with van der Waals surface area (Å²) in [5.41, 5.74) is 0.237.